The number of aromatic amines is 1. The number of nitrogen functional groups attached to an aromatic ring is 1. The van der Waals surface area contributed by atoms with Gasteiger partial charge >= 0.3 is 0 Å². The Bertz CT molecular complexity index is 599. The number of amides is 1. The molecular weight excluding hydrogens is 242 g/mol. The zero-order valence-corrected chi connectivity index (χ0v) is 10.2. The van der Waals surface area contributed by atoms with Gasteiger partial charge in [-0.15, -0.1) is 0 Å². The second kappa shape index (κ2) is 5.69. The van der Waals surface area contributed by atoms with E-state index in [1.165, 1.54) is 11.1 Å². The highest BCUT2D eigenvalue weighted by Gasteiger charge is 2.19. The summed E-state index contributed by atoms with van der Waals surface area (Å²) in [6.45, 7) is 0.345. The summed E-state index contributed by atoms with van der Waals surface area (Å²) < 4.78 is 0. The molecule has 0 unspecified atom stereocenters. The van der Waals surface area contributed by atoms with E-state index in [0.717, 1.165) is 5.56 Å². The van der Waals surface area contributed by atoms with Crippen LogP contribution in [0.5, 0.6) is 0 Å². The third kappa shape index (κ3) is 2.90. The topological polar surface area (TPSA) is 98.8 Å². The van der Waals surface area contributed by atoms with Gasteiger partial charge in [0.2, 0.25) is 0 Å². The average Bonchev–Trinajstić information content (AvgIpc) is 2.85. The number of carbonyl (C=O) groups excluding carboxylic acids is 1. The molecule has 0 saturated carbocycles. The van der Waals surface area contributed by atoms with E-state index in [1.807, 2.05) is 36.4 Å². The van der Waals surface area contributed by atoms with Crippen molar-refractivity contribution in [2.75, 3.05) is 12.3 Å². The summed E-state index contributed by atoms with van der Waals surface area (Å²) in [5.41, 5.74) is 7.09. The molecule has 1 amide bonds. The number of nitrogens with two attached hydrogens (primary N) is 1. The zero-order chi connectivity index (χ0) is 13.7. The van der Waals surface area contributed by atoms with Crippen LogP contribution in [0.3, 0.4) is 0 Å². The summed E-state index contributed by atoms with van der Waals surface area (Å²) in [5.74, 6) is -0.333. The summed E-state index contributed by atoms with van der Waals surface area (Å²) in [6.07, 6.45) is 1.38. The number of nitrogens with zero attached hydrogens (tertiary/aromatic N) is 3. The maximum Gasteiger partial charge on any atom is 0.275 e. The van der Waals surface area contributed by atoms with E-state index < -0.39 is 0 Å². The summed E-state index contributed by atoms with van der Waals surface area (Å²) in [7, 11) is 0. The molecule has 3 N–H and O–H groups in total. The van der Waals surface area contributed by atoms with Crippen molar-refractivity contribution in [3.8, 4) is 6.07 Å². The number of benzene rings is 1. The van der Waals surface area contributed by atoms with E-state index in [1.54, 1.807) is 0 Å². The molecule has 1 aromatic carbocycles. The first-order chi connectivity index (χ1) is 9.22. The fourth-order valence-electron chi connectivity index (χ4n) is 1.71. The molecule has 2 aromatic rings. The van der Waals surface area contributed by atoms with Crippen LogP contribution in [0.15, 0.2) is 36.5 Å². The van der Waals surface area contributed by atoms with Crippen molar-refractivity contribution in [2.45, 2.75) is 6.54 Å². The van der Waals surface area contributed by atoms with Gasteiger partial charge < -0.3 is 10.6 Å². The van der Waals surface area contributed by atoms with E-state index >= 15 is 0 Å². The van der Waals surface area contributed by atoms with Crippen molar-refractivity contribution >= 4 is 11.6 Å². The Hall–Kier alpha value is -2.81. The first kappa shape index (κ1) is 12.6. The number of H-pyrrole nitrogens is 1. The molecule has 0 saturated heterocycles. The smallest absolute Gasteiger partial charge is 0.275 e. The number of nitrogens with one attached hydrogen (secondary N) is 1. The maximum atomic E-state index is 12.2. The molecule has 1 heterocycles. The lowest BCUT2D eigenvalue weighted by Crippen LogP contribution is -2.31. The molecule has 0 aliphatic heterocycles. The van der Waals surface area contributed by atoms with Crippen LogP contribution in [0.25, 0.3) is 0 Å². The number of aromatic nitrogens is 2. The minimum Gasteiger partial charge on any atom is -0.396 e. The molecule has 0 atom stereocenters. The normalized spacial score (nSPS) is 9.84. The van der Waals surface area contributed by atoms with Gasteiger partial charge in [-0.05, 0) is 5.56 Å². The van der Waals surface area contributed by atoms with Crippen molar-refractivity contribution in [3.05, 3.63) is 47.8 Å². The van der Waals surface area contributed by atoms with Crippen LogP contribution < -0.4 is 5.73 Å². The Morgan fingerprint density at radius 2 is 2.16 bits per heavy atom. The standard InChI is InChI=1S/C13H13N5O/c14-6-7-18(9-10-4-2-1-3-5-10)13(19)12-11(15)8-16-17-12/h1-5,8H,7,9,15H2,(H,16,17). The van der Waals surface area contributed by atoms with Crippen LogP contribution >= 0.6 is 0 Å². The van der Waals surface area contributed by atoms with E-state index in [-0.39, 0.29) is 23.8 Å². The summed E-state index contributed by atoms with van der Waals surface area (Å²) in [4.78, 5) is 13.7. The van der Waals surface area contributed by atoms with Crippen molar-refractivity contribution in [1.82, 2.24) is 15.1 Å². The van der Waals surface area contributed by atoms with Crippen LogP contribution in [0.4, 0.5) is 5.69 Å². The van der Waals surface area contributed by atoms with Gasteiger partial charge in [0.25, 0.3) is 5.91 Å². The van der Waals surface area contributed by atoms with Gasteiger partial charge in [-0.3, -0.25) is 9.89 Å². The van der Waals surface area contributed by atoms with Crippen LogP contribution in [-0.2, 0) is 6.54 Å². The van der Waals surface area contributed by atoms with E-state index in [9.17, 15) is 4.79 Å². The monoisotopic (exact) mass is 255 g/mol. The van der Waals surface area contributed by atoms with Gasteiger partial charge in [-0.1, -0.05) is 30.3 Å². The molecule has 0 aliphatic carbocycles. The van der Waals surface area contributed by atoms with Crippen LogP contribution in [0.2, 0.25) is 0 Å². The molecule has 0 fully saturated rings. The lowest BCUT2D eigenvalue weighted by Gasteiger charge is -2.19. The van der Waals surface area contributed by atoms with Crippen LogP contribution in [0.1, 0.15) is 16.1 Å². The molecule has 0 aliphatic rings. The Morgan fingerprint density at radius 1 is 1.42 bits per heavy atom. The summed E-state index contributed by atoms with van der Waals surface area (Å²) >= 11 is 0. The van der Waals surface area contributed by atoms with Crippen molar-refractivity contribution in [1.29, 1.82) is 5.26 Å². The Labute approximate surface area is 110 Å². The van der Waals surface area contributed by atoms with Crippen LogP contribution in [-0.4, -0.2) is 27.5 Å². The fourth-order valence-corrected chi connectivity index (χ4v) is 1.71. The number of carbonyl (C=O) groups is 1. The minimum atomic E-state index is -0.333. The minimum absolute atomic E-state index is 0.00775. The third-order valence-corrected chi connectivity index (χ3v) is 2.65. The molecule has 6 heteroatoms. The Kier molecular flexibility index (Phi) is 3.78. The molecule has 0 bridgehead atoms. The average molecular weight is 255 g/mol. The number of nitriles is 1. The molecule has 96 valence electrons. The zero-order valence-electron chi connectivity index (χ0n) is 10.2. The number of rotatable bonds is 4. The van der Waals surface area contributed by atoms with Gasteiger partial charge in [0, 0.05) is 6.54 Å². The second-order valence-electron chi connectivity index (χ2n) is 4.01. The van der Waals surface area contributed by atoms with Gasteiger partial charge in [0.1, 0.15) is 12.2 Å². The molecule has 19 heavy (non-hydrogen) atoms. The number of hydrogen-bond donors (Lipinski definition) is 2. The molecule has 1 aromatic heterocycles. The third-order valence-electron chi connectivity index (χ3n) is 2.65. The highest BCUT2D eigenvalue weighted by molar-refractivity contribution is 5.97. The van der Waals surface area contributed by atoms with Crippen molar-refractivity contribution in [3.63, 3.8) is 0 Å². The first-order valence-electron chi connectivity index (χ1n) is 5.71. The molecule has 2 rings (SSSR count). The quantitative estimate of drug-likeness (QED) is 0.801. The van der Waals surface area contributed by atoms with Gasteiger partial charge in [0.15, 0.2) is 0 Å². The van der Waals surface area contributed by atoms with E-state index in [0.29, 0.717) is 6.54 Å². The predicted molar refractivity (Wildman–Crippen MR) is 69.8 cm³/mol. The summed E-state index contributed by atoms with van der Waals surface area (Å²) in [6, 6.07) is 11.4. The van der Waals surface area contributed by atoms with E-state index in [2.05, 4.69) is 10.2 Å². The number of anilines is 1. The molecule has 0 radical (unpaired) electrons. The predicted octanol–water partition coefficient (Wildman–Crippen LogP) is 1.16. The first-order valence-corrected chi connectivity index (χ1v) is 5.71. The largest absolute Gasteiger partial charge is 0.396 e. The Morgan fingerprint density at radius 3 is 2.74 bits per heavy atom. The molecule has 6 nitrogen and oxygen atoms in total. The fraction of sp³-hybridized carbons (Fsp3) is 0.154. The highest BCUT2D eigenvalue weighted by atomic mass is 16.2. The molecule has 0 spiro atoms. The van der Waals surface area contributed by atoms with Crippen molar-refractivity contribution < 1.29 is 4.79 Å². The van der Waals surface area contributed by atoms with Gasteiger partial charge in [0.05, 0.1) is 18.0 Å². The Balaban J connectivity index is 2.19. The maximum absolute atomic E-state index is 12.2. The lowest BCUT2D eigenvalue weighted by molar-refractivity contribution is 0.0760. The van der Waals surface area contributed by atoms with Crippen LogP contribution in [0, 0.1) is 11.3 Å². The molecular formula is C13H13N5O. The number of hydrogen-bond acceptors (Lipinski definition) is 4. The van der Waals surface area contributed by atoms with Gasteiger partial charge in [-0.2, -0.15) is 10.4 Å². The van der Waals surface area contributed by atoms with E-state index in [4.69, 9.17) is 11.0 Å². The van der Waals surface area contributed by atoms with Gasteiger partial charge in [-0.25, -0.2) is 0 Å². The second-order valence-corrected chi connectivity index (χ2v) is 4.01. The lowest BCUT2D eigenvalue weighted by atomic mass is 10.2. The van der Waals surface area contributed by atoms with Crippen molar-refractivity contribution in [2.24, 2.45) is 0 Å². The summed E-state index contributed by atoms with van der Waals surface area (Å²) in [5, 5.41) is 15.1. The SMILES string of the molecule is N#CCN(Cc1ccccc1)C(=O)c1[nH]ncc1N. The highest BCUT2D eigenvalue weighted by Crippen LogP contribution is 2.12.